The van der Waals surface area contributed by atoms with E-state index in [1.165, 1.54) is 0 Å². The van der Waals surface area contributed by atoms with E-state index in [4.69, 9.17) is 0 Å². The Hall–Kier alpha value is -5.31. The maximum Gasteiger partial charge on any atom is 0.399 e. The van der Waals surface area contributed by atoms with Gasteiger partial charge >= 0.3 is 18.5 Å². The minimum absolute atomic E-state index is 0.280. The van der Waals surface area contributed by atoms with Crippen molar-refractivity contribution in [3.8, 4) is 0 Å². The van der Waals surface area contributed by atoms with Crippen LogP contribution in [0.15, 0.2) is 121 Å². The van der Waals surface area contributed by atoms with Gasteiger partial charge in [-0.3, -0.25) is 0 Å². The maximum atomic E-state index is 13.7. The molecule has 9 heteroatoms. The number of rotatable bonds is 6. The summed E-state index contributed by atoms with van der Waals surface area (Å²) in [6, 6.07) is 33.8. The summed E-state index contributed by atoms with van der Waals surface area (Å²) in [7, 11) is 0. The number of benzene rings is 6. The molecule has 0 spiro atoms. The van der Waals surface area contributed by atoms with Gasteiger partial charge in [0.25, 0.3) is 0 Å². The molecule has 6 rings (SSSR count). The van der Waals surface area contributed by atoms with Gasteiger partial charge in [-0.1, -0.05) is 155 Å². The molecular weight excluding hydrogens is 796 g/mol. The Labute approximate surface area is 354 Å². The van der Waals surface area contributed by atoms with E-state index >= 15 is 0 Å². The molecule has 0 aliphatic carbocycles. The molecule has 0 atom stereocenters. The molecule has 0 heterocycles. The molecule has 0 aliphatic heterocycles. The molecule has 0 saturated carbocycles. The molecule has 0 saturated heterocycles. The first kappa shape index (κ1) is 48.4. The van der Waals surface area contributed by atoms with Crippen LogP contribution in [0.3, 0.4) is 0 Å². The van der Waals surface area contributed by atoms with Gasteiger partial charge in [-0.15, -0.1) is 0 Å². The van der Waals surface area contributed by atoms with E-state index in [0.717, 1.165) is 33.4 Å². The highest BCUT2D eigenvalue weighted by atomic mass is 19.4. The van der Waals surface area contributed by atoms with E-state index in [0.29, 0.717) is 44.5 Å². The van der Waals surface area contributed by atoms with Crippen LogP contribution < -0.4 is 0 Å². The highest BCUT2D eigenvalue weighted by Gasteiger charge is 2.45. The van der Waals surface area contributed by atoms with Crippen LogP contribution in [0.1, 0.15) is 107 Å². The smallest absolute Gasteiger partial charge is 0.170 e. The Bertz CT molecular complexity index is 2230. The van der Waals surface area contributed by atoms with E-state index in [1.807, 2.05) is 53.7 Å². The quantitative estimate of drug-likeness (QED) is 0.147. The van der Waals surface area contributed by atoms with Crippen molar-refractivity contribution in [3.05, 3.63) is 210 Å². The SMILES string of the molecule is Cc1ccc(C(c2ccc(C)cc2)C(F)(F)F)cc1.Cc1ccc(C(c2ccc(C)cc2C)C(F)(F)F)c(C)c1.Cc1ccc(C)c(C(c2cc(C)ccc2C)C(F)(F)F)c1. The summed E-state index contributed by atoms with van der Waals surface area (Å²) >= 11 is 0. The lowest BCUT2D eigenvalue weighted by Crippen LogP contribution is -2.24. The Morgan fingerprint density at radius 1 is 0.262 bits per heavy atom. The zero-order valence-corrected chi connectivity index (χ0v) is 36.2. The van der Waals surface area contributed by atoms with E-state index in [2.05, 4.69) is 0 Å². The number of aryl methyl sites for hydroxylation is 10. The third-order valence-electron chi connectivity index (χ3n) is 10.8. The van der Waals surface area contributed by atoms with Gasteiger partial charge in [-0.05, 0) is 125 Å². The molecule has 61 heavy (non-hydrogen) atoms. The van der Waals surface area contributed by atoms with Crippen LogP contribution in [-0.4, -0.2) is 18.5 Å². The molecule has 0 aliphatic rings. The van der Waals surface area contributed by atoms with Crippen molar-refractivity contribution in [1.82, 2.24) is 0 Å². The minimum atomic E-state index is -4.31. The van der Waals surface area contributed by atoms with Gasteiger partial charge in [-0.25, -0.2) is 0 Å². The standard InChI is InChI=1S/2C18H19F3.C16H15F3/c1-11-5-7-15(13(3)9-11)17(18(19,20)21)16-8-6-12(2)10-14(16)4;1-11-5-7-13(3)15(9-11)17(18(19,20)21)16-10-12(2)6-8-14(16)4;1-11-3-7-13(8-4-11)15(16(17,18)19)14-9-5-12(2)6-10-14/h2*5-10,17H,1-4H3;3-10,15H,1-2H3. The van der Waals surface area contributed by atoms with Gasteiger partial charge < -0.3 is 0 Å². The molecular formula is C52H53F9. The van der Waals surface area contributed by atoms with Crippen LogP contribution >= 0.6 is 0 Å². The second kappa shape index (κ2) is 19.6. The molecule has 0 radical (unpaired) electrons. The first-order valence-electron chi connectivity index (χ1n) is 19.9. The van der Waals surface area contributed by atoms with Crippen LogP contribution in [0.5, 0.6) is 0 Å². The molecule has 0 nitrogen and oxygen atoms in total. The number of hydrogen-bond acceptors (Lipinski definition) is 0. The molecule has 0 bridgehead atoms. The van der Waals surface area contributed by atoms with Crippen molar-refractivity contribution < 1.29 is 39.5 Å². The van der Waals surface area contributed by atoms with Crippen molar-refractivity contribution >= 4 is 0 Å². The molecule has 0 fully saturated rings. The summed E-state index contributed by atoms with van der Waals surface area (Å²) in [6.45, 7) is 18.1. The molecule has 6 aromatic rings. The van der Waals surface area contributed by atoms with Crippen molar-refractivity contribution in [3.63, 3.8) is 0 Å². The van der Waals surface area contributed by atoms with Crippen LogP contribution in [0.25, 0.3) is 0 Å². The molecule has 0 amide bonds. The van der Waals surface area contributed by atoms with Crippen molar-refractivity contribution in [2.45, 2.75) is 106 Å². The summed E-state index contributed by atoms with van der Waals surface area (Å²) in [5.74, 6) is -4.70. The fraction of sp³-hybridized carbons (Fsp3) is 0.308. The third-order valence-corrected chi connectivity index (χ3v) is 10.8. The van der Waals surface area contributed by atoms with Gasteiger partial charge in [0.15, 0.2) is 0 Å². The van der Waals surface area contributed by atoms with Gasteiger partial charge in [0, 0.05) is 0 Å². The van der Waals surface area contributed by atoms with Crippen LogP contribution in [0.4, 0.5) is 39.5 Å². The molecule has 0 unspecified atom stereocenters. The second-order valence-corrected chi connectivity index (χ2v) is 16.2. The Morgan fingerprint density at radius 2 is 0.525 bits per heavy atom. The zero-order valence-electron chi connectivity index (χ0n) is 36.2. The zero-order chi connectivity index (χ0) is 45.6. The summed E-state index contributed by atoms with van der Waals surface area (Å²) in [4.78, 5) is 0. The molecule has 6 aromatic carbocycles. The summed E-state index contributed by atoms with van der Waals surface area (Å²) in [5, 5.41) is 0. The van der Waals surface area contributed by atoms with Gasteiger partial charge in [-0.2, -0.15) is 39.5 Å². The molecule has 0 aromatic heterocycles. The number of hydrogen-bond donors (Lipinski definition) is 0. The van der Waals surface area contributed by atoms with Crippen molar-refractivity contribution in [1.29, 1.82) is 0 Å². The Balaban J connectivity index is 0.000000202. The average Bonchev–Trinajstić information content (AvgIpc) is 3.14. The van der Waals surface area contributed by atoms with Crippen molar-refractivity contribution in [2.24, 2.45) is 0 Å². The van der Waals surface area contributed by atoms with E-state index in [-0.39, 0.29) is 11.1 Å². The van der Waals surface area contributed by atoms with Crippen LogP contribution in [0.2, 0.25) is 0 Å². The first-order chi connectivity index (χ1) is 28.3. The van der Waals surface area contributed by atoms with Gasteiger partial charge in [0.1, 0.15) is 17.8 Å². The lowest BCUT2D eigenvalue weighted by Gasteiger charge is -2.25. The summed E-state index contributed by atoms with van der Waals surface area (Å²) < 4.78 is 122. The first-order valence-corrected chi connectivity index (χ1v) is 19.9. The predicted molar refractivity (Wildman–Crippen MR) is 230 cm³/mol. The van der Waals surface area contributed by atoms with E-state index in [1.54, 1.807) is 137 Å². The lowest BCUT2D eigenvalue weighted by molar-refractivity contribution is -0.142. The predicted octanol–water partition coefficient (Wildman–Crippen LogP) is 16.2. The molecule has 324 valence electrons. The lowest BCUT2D eigenvalue weighted by atomic mass is 9.84. The number of alkyl halides is 9. The normalized spacial score (nSPS) is 12.0. The minimum Gasteiger partial charge on any atom is -0.170 e. The Kier molecular flexibility index (Phi) is 15.5. The van der Waals surface area contributed by atoms with E-state index in [9.17, 15) is 39.5 Å². The third kappa shape index (κ3) is 12.9. The number of halogens is 9. The topological polar surface area (TPSA) is 0 Å². The summed E-state index contributed by atoms with van der Waals surface area (Å²) in [6.07, 6.45) is -12.9. The Morgan fingerprint density at radius 3 is 0.820 bits per heavy atom. The van der Waals surface area contributed by atoms with Crippen LogP contribution in [-0.2, 0) is 0 Å². The average molecular weight is 849 g/mol. The largest absolute Gasteiger partial charge is 0.399 e. The fourth-order valence-electron chi connectivity index (χ4n) is 7.57. The van der Waals surface area contributed by atoms with Gasteiger partial charge in [0.05, 0.1) is 0 Å². The van der Waals surface area contributed by atoms with E-state index < -0.39 is 36.3 Å². The highest BCUT2D eigenvalue weighted by Crippen LogP contribution is 2.45. The van der Waals surface area contributed by atoms with Crippen molar-refractivity contribution in [2.75, 3.05) is 0 Å². The molecule has 0 N–H and O–H groups in total. The monoisotopic (exact) mass is 848 g/mol. The highest BCUT2D eigenvalue weighted by molar-refractivity contribution is 5.46. The summed E-state index contributed by atoms with van der Waals surface area (Å²) in [5.41, 5.74) is 10.1. The van der Waals surface area contributed by atoms with Crippen LogP contribution in [0, 0.1) is 69.2 Å². The second-order valence-electron chi connectivity index (χ2n) is 16.2. The van der Waals surface area contributed by atoms with Gasteiger partial charge in [0.2, 0.25) is 0 Å². The fourth-order valence-corrected chi connectivity index (χ4v) is 7.57. The maximum absolute atomic E-state index is 13.7.